The van der Waals surface area contributed by atoms with Gasteiger partial charge in [0.15, 0.2) is 0 Å². The first-order valence-electron chi connectivity index (χ1n) is 10.7. The van der Waals surface area contributed by atoms with Gasteiger partial charge in [0.05, 0.1) is 11.6 Å². The van der Waals surface area contributed by atoms with E-state index in [0.29, 0.717) is 38.4 Å². The van der Waals surface area contributed by atoms with Gasteiger partial charge >= 0.3 is 24.3 Å². The molecule has 1 spiro atoms. The fraction of sp³-hybridized carbons (Fsp3) is 0.524. The van der Waals surface area contributed by atoms with E-state index in [0.717, 1.165) is 6.54 Å². The van der Waals surface area contributed by atoms with Crippen molar-refractivity contribution in [3.05, 3.63) is 41.0 Å². The van der Waals surface area contributed by atoms with Crippen molar-refractivity contribution in [2.45, 2.75) is 37.7 Å². The zero-order chi connectivity index (χ0) is 28.8. The topological polar surface area (TPSA) is 107 Å². The zero-order valence-corrected chi connectivity index (χ0v) is 20.2. The molecule has 4 rings (SSSR count). The second-order valence-corrected chi connectivity index (χ2v) is 9.40. The molecule has 2 aromatic rings. The summed E-state index contributed by atoms with van der Waals surface area (Å²) in [4.78, 5) is 31.5. The molecule has 17 heteroatoms. The van der Waals surface area contributed by atoms with E-state index < -0.39 is 35.6 Å². The smallest absolute Gasteiger partial charge is 0.475 e. The van der Waals surface area contributed by atoms with Crippen molar-refractivity contribution < 1.29 is 54.9 Å². The third-order valence-corrected chi connectivity index (χ3v) is 6.58. The van der Waals surface area contributed by atoms with Gasteiger partial charge < -0.3 is 15.1 Å². The number of hydrogen-bond acceptors (Lipinski definition) is 7. The number of aromatic nitrogens is 2. The molecule has 2 aliphatic heterocycles. The van der Waals surface area contributed by atoms with Gasteiger partial charge in [0.25, 0.3) is 5.92 Å². The number of carboxylic acid groups (broad SMARTS) is 2. The minimum Gasteiger partial charge on any atom is -0.475 e. The predicted octanol–water partition coefficient (Wildman–Crippen LogP) is 4.54. The number of anilines is 1. The van der Waals surface area contributed by atoms with E-state index in [2.05, 4.69) is 20.9 Å². The second-order valence-electron chi connectivity index (χ2n) is 8.37. The Hall–Kier alpha value is -3.08. The van der Waals surface area contributed by atoms with Crippen LogP contribution < -0.4 is 4.90 Å². The summed E-state index contributed by atoms with van der Waals surface area (Å²) in [5, 5.41) is 16.3. The highest BCUT2D eigenvalue weighted by Gasteiger charge is 2.59. The fourth-order valence-corrected chi connectivity index (χ4v) is 4.64. The van der Waals surface area contributed by atoms with E-state index in [1.54, 1.807) is 29.9 Å². The highest BCUT2D eigenvalue weighted by Crippen LogP contribution is 2.50. The Kier molecular flexibility index (Phi) is 9.99. The van der Waals surface area contributed by atoms with Crippen molar-refractivity contribution in [3.63, 3.8) is 0 Å². The third kappa shape index (κ3) is 8.47. The van der Waals surface area contributed by atoms with Crippen LogP contribution in [0, 0.1) is 5.41 Å². The minimum absolute atomic E-state index is 0.0628. The van der Waals surface area contributed by atoms with Crippen molar-refractivity contribution in [3.8, 4) is 0 Å². The lowest BCUT2D eigenvalue weighted by Crippen LogP contribution is -2.56. The summed E-state index contributed by atoms with van der Waals surface area (Å²) in [6.07, 6.45) is -4.86. The lowest BCUT2D eigenvalue weighted by atomic mass is 9.75. The van der Waals surface area contributed by atoms with Crippen LogP contribution in [0.5, 0.6) is 0 Å². The van der Waals surface area contributed by atoms with Crippen LogP contribution in [0.3, 0.4) is 0 Å². The average Bonchev–Trinajstić information content (AvgIpc) is 3.48. The standard InChI is InChI=1S/C17H20F2N4S.2C2HF3O2/c18-17(19)4-7-22(11-14-2-1-9-24-14)12-16(17)3-8-23(13-16)15-10-20-5-6-21-15;2*3-2(4,5)1(6)7/h1-2,5-6,9-10H,3-4,7-8,11-13H2;2*(H,6,7). The van der Waals surface area contributed by atoms with Gasteiger partial charge in [-0.2, -0.15) is 26.3 Å². The van der Waals surface area contributed by atoms with Gasteiger partial charge in [0.1, 0.15) is 5.82 Å². The SMILES string of the molecule is FC1(F)CCN(Cc2cccs2)CC12CCN(c1cnccn1)C2.O=C(O)C(F)(F)F.O=C(O)C(F)(F)F. The van der Waals surface area contributed by atoms with Crippen LogP contribution in [0.4, 0.5) is 40.9 Å². The lowest BCUT2D eigenvalue weighted by molar-refractivity contribution is -0.193. The highest BCUT2D eigenvalue weighted by atomic mass is 32.1. The van der Waals surface area contributed by atoms with Gasteiger partial charge in [-0.25, -0.2) is 23.4 Å². The van der Waals surface area contributed by atoms with Crippen molar-refractivity contribution in [2.75, 3.05) is 31.1 Å². The predicted molar refractivity (Wildman–Crippen MR) is 118 cm³/mol. The quantitative estimate of drug-likeness (QED) is 0.512. The summed E-state index contributed by atoms with van der Waals surface area (Å²) in [5.41, 5.74) is -0.986. The van der Waals surface area contributed by atoms with Crippen molar-refractivity contribution in [2.24, 2.45) is 5.41 Å². The Morgan fingerprint density at radius 1 is 0.974 bits per heavy atom. The van der Waals surface area contributed by atoms with E-state index in [9.17, 15) is 35.1 Å². The molecule has 2 aromatic heterocycles. The number of carbonyl (C=O) groups is 2. The molecule has 38 heavy (non-hydrogen) atoms. The largest absolute Gasteiger partial charge is 0.490 e. The molecule has 1 atom stereocenters. The summed E-state index contributed by atoms with van der Waals surface area (Å²) < 4.78 is 93.1. The van der Waals surface area contributed by atoms with Crippen LogP contribution in [0.15, 0.2) is 36.1 Å². The van der Waals surface area contributed by atoms with Crippen LogP contribution in [0.25, 0.3) is 0 Å². The van der Waals surface area contributed by atoms with Gasteiger partial charge in [-0.15, -0.1) is 11.3 Å². The Labute approximate surface area is 214 Å². The number of thiophene rings is 1. The summed E-state index contributed by atoms with van der Waals surface area (Å²) in [6, 6.07) is 4.09. The monoisotopic (exact) mass is 578 g/mol. The molecule has 0 saturated carbocycles. The molecule has 0 bridgehead atoms. The summed E-state index contributed by atoms with van der Waals surface area (Å²) in [5.74, 6) is -7.45. The number of aliphatic carboxylic acids is 2. The Morgan fingerprint density at radius 3 is 2.05 bits per heavy atom. The Bertz CT molecular complexity index is 1030. The summed E-state index contributed by atoms with van der Waals surface area (Å²) in [6.45, 7) is 2.62. The van der Waals surface area contributed by atoms with Gasteiger partial charge in [-0.1, -0.05) is 6.07 Å². The first kappa shape index (κ1) is 31.1. The number of rotatable bonds is 3. The van der Waals surface area contributed by atoms with E-state index in [-0.39, 0.29) is 6.42 Å². The fourth-order valence-electron chi connectivity index (χ4n) is 3.89. The van der Waals surface area contributed by atoms with Crippen molar-refractivity contribution in [1.29, 1.82) is 0 Å². The number of piperidine rings is 1. The molecular weight excluding hydrogens is 556 g/mol. The van der Waals surface area contributed by atoms with Gasteiger partial charge in [0, 0.05) is 56.4 Å². The minimum atomic E-state index is -5.08. The summed E-state index contributed by atoms with van der Waals surface area (Å²) >= 11 is 1.69. The molecule has 0 aromatic carbocycles. The number of likely N-dealkylation sites (tertiary alicyclic amines) is 1. The number of alkyl halides is 8. The molecule has 0 radical (unpaired) electrons. The van der Waals surface area contributed by atoms with Crippen LogP contribution in [0.2, 0.25) is 0 Å². The highest BCUT2D eigenvalue weighted by molar-refractivity contribution is 7.09. The maximum absolute atomic E-state index is 14.8. The molecule has 212 valence electrons. The van der Waals surface area contributed by atoms with E-state index in [1.807, 2.05) is 16.3 Å². The average molecular weight is 578 g/mol. The maximum atomic E-state index is 14.8. The maximum Gasteiger partial charge on any atom is 0.490 e. The van der Waals surface area contributed by atoms with E-state index >= 15 is 0 Å². The number of carboxylic acids is 2. The first-order valence-corrected chi connectivity index (χ1v) is 11.6. The Balaban J connectivity index is 0.000000301. The molecule has 2 saturated heterocycles. The molecular formula is C21H22F8N4O4S. The molecule has 0 amide bonds. The van der Waals surface area contributed by atoms with Gasteiger partial charge in [-0.3, -0.25) is 9.88 Å². The van der Waals surface area contributed by atoms with E-state index in [4.69, 9.17) is 19.8 Å². The van der Waals surface area contributed by atoms with Crippen molar-refractivity contribution >= 4 is 29.1 Å². The first-order chi connectivity index (χ1) is 17.5. The summed E-state index contributed by atoms with van der Waals surface area (Å²) in [7, 11) is 0. The molecule has 0 aliphatic carbocycles. The van der Waals surface area contributed by atoms with Crippen LogP contribution in [-0.2, 0) is 16.1 Å². The normalized spacial score (nSPS) is 21.2. The van der Waals surface area contributed by atoms with Crippen LogP contribution in [-0.4, -0.2) is 81.5 Å². The molecule has 1 unspecified atom stereocenters. The van der Waals surface area contributed by atoms with E-state index in [1.165, 1.54) is 4.88 Å². The number of halogens is 8. The van der Waals surface area contributed by atoms with Gasteiger partial charge in [0.2, 0.25) is 0 Å². The molecule has 2 fully saturated rings. The molecule has 2 N–H and O–H groups in total. The van der Waals surface area contributed by atoms with Crippen LogP contribution >= 0.6 is 11.3 Å². The molecule has 4 heterocycles. The number of nitrogens with zero attached hydrogens (tertiary/aromatic N) is 4. The van der Waals surface area contributed by atoms with Gasteiger partial charge in [-0.05, 0) is 17.9 Å². The Morgan fingerprint density at radius 2 is 1.58 bits per heavy atom. The van der Waals surface area contributed by atoms with Crippen LogP contribution in [0.1, 0.15) is 17.7 Å². The molecule has 2 aliphatic rings. The lowest BCUT2D eigenvalue weighted by Gasteiger charge is -2.45. The second kappa shape index (κ2) is 12.2. The third-order valence-electron chi connectivity index (χ3n) is 5.72. The molecule has 8 nitrogen and oxygen atoms in total. The zero-order valence-electron chi connectivity index (χ0n) is 19.3. The van der Waals surface area contributed by atoms with Crippen molar-refractivity contribution in [1.82, 2.24) is 14.9 Å². The number of hydrogen-bond donors (Lipinski definition) is 2.